The van der Waals surface area contributed by atoms with Gasteiger partial charge < -0.3 is 15.4 Å². The van der Waals surface area contributed by atoms with Crippen molar-refractivity contribution in [2.24, 2.45) is 0 Å². The molecule has 4 rings (SSSR count). The highest BCUT2D eigenvalue weighted by Gasteiger charge is 2.31. The molecule has 1 aliphatic rings. The predicted molar refractivity (Wildman–Crippen MR) is 110 cm³/mol. The Bertz CT molecular complexity index is 1120. The zero-order chi connectivity index (χ0) is 20.5. The molecule has 0 aliphatic carbocycles. The molecule has 29 heavy (non-hydrogen) atoms. The van der Waals surface area contributed by atoms with Crippen LogP contribution in [-0.2, 0) is 9.59 Å². The molecule has 9 heteroatoms. The Hall–Kier alpha value is -2.97. The van der Waals surface area contributed by atoms with E-state index in [0.717, 1.165) is 5.56 Å². The maximum Gasteiger partial charge on any atom is 0.234 e. The van der Waals surface area contributed by atoms with Crippen molar-refractivity contribution in [2.45, 2.75) is 12.3 Å². The average Bonchev–Trinajstić information content (AvgIpc) is 3.15. The summed E-state index contributed by atoms with van der Waals surface area (Å²) in [5.74, 6) is -1.35. The summed E-state index contributed by atoms with van der Waals surface area (Å²) in [4.78, 5) is 29.1. The van der Waals surface area contributed by atoms with Crippen LogP contribution in [0.15, 0.2) is 41.8 Å². The Kier molecular flexibility index (Phi) is 5.21. The Morgan fingerprint density at radius 3 is 2.93 bits per heavy atom. The number of rotatable bonds is 4. The molecule has 1 aromatic heterocycles. The molecular weight excluding hydrogens is 417 g/mol. The number of nitrogens with one attached hydrogen (secondary N) is 2. The summed E-state index contributed by atoms with van der Waals surface area (Å²) in [6, 6.07) is 9.29. The fourth-order valence-electron chi connectivity index (χ4n) is 3.15. The highest BCUT2D eigenvalue weighted by molar-refractivity contribution is 7.14. The smallest absolute Gasteiger partial charge is 0.234 e. The molecule has 3 aromatic rings. The van der Waals surface area contributed by atoms with Gasteiger partial charge in [-0.15, -0.1) is 11.3 Å². The lowest BCUT2D eigenvalue weighted by Crippen LogP contribution is -2.30. The van der Waals surface area contributed by atoms with Gasteiger partial charge in [-0.25, -0.2) is 9.37 Å². The monoisotopic (exact) mass is 431 g/mol. The summed E-state index contributed by atoms with van der Waals surface area (Å²) in [5, 5.41) is 8.00. The summed E-state index contributed by atoms with van der Waals surface area (Å²) < 4.78 is 18.6. The number of methoxy groups -OCH3 is 1. The first-order chi connectivity index (χ1) is 13.9. The third-order valence-corrected chi connectivity index (χ3v) is 5.61. The second kappa shape index (κ2) is 7.81. The van der Waals surface area contributed by atoms with E-state index in [1.807, 2.05) is 6.07 Å². The lowest BCUT2D eigenvalue weighted by molar-refractivity contribution is -0.123. The minimum atomic E-state index is -0.720. The fraction of sp³-hybridized carbons (Fsp3) is 0.150. The van der Waals surface area contributed by atoms with E-state index in [-0.39, 0.29) is 18.2 Å². The molecule has 0 fully saturated rings. The number of amides is 2. The summed E-state index contributed by atoms with van der Waals surface area (Å²) in [7, 11) is 1.54. The first-order valence-electron chi connectivity index (χ1n) is 8.64. The van der Waals surface area contributed by atoms with Crippen LogP contribution in [0.4, 0.5) is 15.2 Å². The molecule has 2 N–H and O–H groups in total. The SMILES string of the molecule is COc1ccc(-c2csc(NC(=O)C3CC(=O)Nc4cc(F)ccc43)n2)cc1Cl. The molecule has 0 saturated carbocycles. The Labute approximate surface area is 174 Å². The lowest BCUT2D eigenvalue weighted by atomic mass is 9.90. The van der Waals surface area contributed by atoms with Crippen molar-refractivity contribution < 1.29 is 18.7 Å². The van der Waals surface area contributed by atoms with Crippen LogP contribution >= 0.6 is 22.9 Å². The van der Waals surface area contributed by atoms with Gasteiger partial charge >= 0.3 is 0 Å². The molecule has 0 bridgehead atoms. The van der Waals surface area contributed by atoms with E-state index in [0.29, 0.717) is 32.8 Å². The highest BCUT2D eigenvalue weighted by atomic mass is 35.5. The van der Waals surface area contributed by atoms with Crippen LogP contribution in [0.5, 0.6) is 5.75 Å². The second-order valence-corrected chi connectivity index (χ2v) is 7.68. The van der Waals surface area contributed by atoms with Crippen molar-refractivity contribution >= 4 is 45.6 Å². The van der Waals surface area contributed by atoms with Crippen LogP contribution in [-0.4, -0.2) is 23.9 Å². The van der Waals surface area contributed by atoms with E-state index in [1.54, 1.807) is 17.5 Å². The van der Waals surface area contributed by atoms with Crippen molar-refractivity contribution in [1.29, 1.82) is 0 Å². The number of hydrogen-bond acceptors (Lipinski definition) is 5. The first-order valence-corrected chi connectivity index (χ1v) is 9.90. The summed E-state index contributed by atoms with van der Waals surface area (Å²) in [6.07, 6.45) is -0.0171. The maximum atomic E-state index is 13.5. The number of benzene rings is 2. The van der Waals surface area contributed by atoms with Crippen molar-refractivity contribution in [3.8, 4) is 17.0 Å². The van der Waals surface area contributed by atoms with Crippen LogP contribution < -0.4 is 15.4 Å². The number of nitrogens with zero attached hydrogens (tertiary/aromatic N) is 1. The molecule has 148 valence electrons. The van der Waals surface area contributed by atoms with Crippen molar-refractivity contribution in [3.05, 3.63) is 58.2 Å². The van der Waals surface area contributed by atoms with Crippen molar-refractivity contribution in [1.82, 2.24) is 4.98 Å². The topological polar surface area (TPSA) is 80.3 Å². The predicted octanol–water partition coefficient (Wildman–Crippen LogP) is 4.68. The van der Waals surface area contributed by atoms with Gasteiger partial charge in [-0.1, -0.05) is 17.7 Å². The van der Waals surface area contributed by atoms with Gasteiger partial charge in [0.15, 0.2) is 5.13 Å². The number of thiazole rings is 1. The molecule has 1 aliphatic heterocycles. The first kappa shape index (κ1) is 19.4. The molecule has 2 aromatic carbocycles. The highest BCUT2D eigenvalue weighted by Crippen LogP contribution is 2.35. The summed E-state index contributed by atoms with van der Waals surface area (Å²) in [6.45, 7) is 0. The molecule has 0 saturated heterocycles. The minimum absolute atomic E-state index is 0.0171. The van der Waals surface area contributed by atoms with E-state index in [4.69, 9.17) is 16.3 Å². The summed E-state index contributed by atoms with van der Waals surface area (Å²) in [5.41, 5.74) is 2.32. The Morgan fingerprint density at radius 2 is 2.17 bits per heavy atom. The third-order valence-electron chi connectivity index (χ3n) is 4.55. The fourth-order valence-corrected chi connectivity index (χ4v) is 4.13. The maximum absolute atomic E-state index is 13.5. The van der Waals surface area contributed by atoms with E-state index in [1.165, 1.54) is 36.6 Å². The van der Waals surface area contributed by atoms with E-state index < -0.39 is 11.7 Å². The molecule has 1 atom stereocenters. The van der Waals surface area contributed by atoms with Crippen LogP contribution in [0, 0.1) is 5.82 Å². The third kappa shape index (κ3) is 3.94. The second-order valence-electron chi connectivity index (χ2n) is 6.41. The van der Waals surface area contributed by atoms with Crippen LogP contribution in [0.25, 0.3) is 11.3 Å². The number of anilines is 2. The zero-order valence-electron chi connectivity index (χ0n) is 15.2. The summed E-state index contributed by atoms with van der Waals surface area (Å²) >= 11 is 7.42. The number of carbonyl (C=O) groups is 2. The Morgan fingerprint density at radius 1 is 1.34 bits per heavy atom. The van der Waals surface area contributed by atoms with Crippen molar-refractivity contribution in [2.75, 3.05) is 17.7 Å². The number of fused-ring (bicyclic) bond motifs is 1. The zero-order valence-corrected chi connectivity index (χ0v) is 16.7. The number of ether oxygens (including phenoxy) is 1. The number of hydrogen-bond donors (Lipinski definition) is 2. The van der Waals surface area contributed by atoms with Gasteiger partial charge in [-0.2, -0.15) is 0 Å². The Balaban J connectivity index is 1.54. The molecular formula is C20H15ClFN3O3S. The normalized spacial score (nSPS) is 15.4. The van der Waals surface area contributed by atoms with E-state index in [2.05, 4.69) is 15.6 Å². The van der Waals surface area contributed by atoms with Gasteiger partial charge in [0.05, 0.1) is 23.7 Å². The van der Waals surface area contributed by atoms with E-state index in [9.17, 15) is 14.0 Å². The van der Waals surface area contributed by atoms with Crippen LogP contribution in [0.2, 0.25) is 5.02 Å². The number of carbonyl (C=O) groups excluding carboxylic acids is 2. The number of aromatic nitrogens is 1. The molecule has 2 amide bonds. The van der Waals surface area contributed by atoms with Crippen LogP contribution in [0.1, 0.15) is 17.9 Å². The van der Waals surface area contributed by atoms with Gasteiger partial charge in [-0.3, -0.25) is 9.59 Å². The lowest BCUT2D eigenvalue weighted by Gasteiger charge is -2.24. The largest absolute Gasteiger partial charge is 0.495 e. The minimum Gasteiger partial charge on any atom is -0.495 e. The molecule has 6 nitrogen and oxygen atoms in total. The van der Waals surface area contributed by atoms with Gasteiger partial charge in [0.1, 0.15) is 11.6 Å². The average molecular weight is 432 g/mol. The molecule has 2 heterocycles. The molecule has 1 unspecified atom stereocenters. The van der Waals surface area contributed by atoms with Gasteiger partial charge in [-0.05, 0) is 35.9 Å². The standard InChI is InChI=1S/C20H15ClFN3O3S/c1-28-17-5-2-10(6-14(17)21)16-9-29-20(24-16)25-19(27)13-8-18(26)23-15-7-11(22)3-4-12(13)15/h2-7,9,13H,8H2,1H3,(H,23,26)(H,24,25,27). The quantitative estimate of drug-likeness (QED) is 0.628. The van der Waals surface area contributed by atoms with Gasteiger partial charge in [0.25, 0.3) is 0 Å². The van der Waals surface area contributed by atoms with E-state index >= 15 is 0 Å². The number of halogens is 2. The van der Waals surface area contributed by atoms with Crippen LogP contribution in [0.3, 0.4) is 0 Å². The van der Waals surface area contributed by atoms with Gasteiger partial charge in [0, 0.05) is 23.1 Å². The van der Waals surface area contributed by atoms with Crippen molar-refractivity contribution in [3.63, 3.8) is 0 Å². The molecule has 0 radical (unpaired) electrons. The molecule has 0 spiro atoms. The van der Waals surface area contributed by atoms with Gasteiger partial charge in [0.2, 0.25) is 11.8 Å².